The summed E-state index contributed by atoms with van der Waals surface area (Å²) in [6.07, 6.45) is -3.23. The van der Waals surface area contributed by atoms with Gasteiger partial charge in [-0.3, -0.25) is 4.79 Å². The molecule has 0 aromatic heterocycles. The number of benzene rings is 3. The van der Waals surface area contributed by atoms with Crippen LogP contribution in [0.4, 0.5) is 13.2 Å². The predicted molar refractivity (Wildman–Crippen MR) is 122 cm³/mol. The zero-order chi connectivity index (χ0) is 25.4. The molecule has 0 heterocycles. The van der Waals surface area contributed by atoms with Crippen LogP contribution in [0.25, 0.3) is 0 Å². The van der Waals surface area contributed by atoms with E-state index in [1.54, 1.807) is 37.3 Å². The van der Waals surface area contributed by atoms with Gasteiger partial charge in [-0.1, -0.05) is 18.2 Å². The number of halogens is 3. The summed E-state index contributed by atoms with van der Waals surface area (Å²) < 4.78 is 49.9. The molecule has 0 bridgehead atoms. The van der Waals surface area contributed by atoms with Crippen molar-refractivity contribution in [2.24, 2.45) is 5.10 Å². The molecule has 182 valence electrons. The number of hydrazone groups is 1. The predicted octanol–water partition coefficient (Wildman–Crippen LogP) is 5.15. The number of amides is 1. The third-order valence-electron chi connectivity index (χ3n) is 4.69. The molecule has 0 aliphatic carbocycles. The van der Waals surface area contributed by atoms with Gasteiger partial charge in [0, 0.05) is 5.56 Å². The quantitative estimate of drug-likeness (QED) is 0.322. The van der Waals surface area contributed by atoms with Crippen LogP contribution in [0.15, 0.2) is 71.8 Å². The zero-order valence-electron chi connectivity index (χ0n) is 18.5. The number of nitrogens with zero attached hydrogens (tertiary/aromatic N) is 1. The van der Waals surface area contributed by atoms with E-state index in [2.05, 4.69) is 10.5 Å². The minimum absolute atomic E-state index is 0.174. The number of hydrogen-bond donors (Lipinski definition) is 2. The normalized spacial score (nSPS) is 11.3. The average molecular weight is 486 g/mol. The van der Waals surface area contributed by atoms with Crippen molar-refractivity contribution in [2.75, 3.05) is 6.61 Å². The molecule has 7 nitrogen and oxygen atoms in total. The van der Waals surface area contributed by atoms with Gasteiger partial charge in [-0.2, -0.15) is 18.3 Å². The van der Waals surface area contributed by atoms with Crippen molar-refractivity contribution in [3.05, 3.63) is 94.5 Å². The molecule has 0 aliphatic heterocycles. The Bertz CT molecular complexity index is 1220. The topological polar surface area (TPSA) is 97.2 Å². The van der Waals surface area contributed by atoms with Crippen molar-refractivity contribution >= 4 is 18.1 Å². The van der Waals surface area contributed by atoms with Gasteiger partial charge >= 0.3 is 12.1 Å². The Morgan fingerprint density at radius 3 is 2.37 bits per heavy atom. The van der Waals surface area contributed by atoms with E-state index in [0.717, 1.165) is 23.8 Å². The van der Waals surface area contributed by atoms with E-state index in [0.29, 0.717) is 23.7 Å². The molecule has 0 saturated carbocycles. The fourth-order valence-corrected chi connectivity index (χ4v) is 2.96. The Hall–Kier alpha value is -4.34. The number of alkyl halides is 3. The summed E-state index contributed by atoms with van der Waals surface area (Å²) in [6.45, 7) is 2.33. The fourth-order valence-electron chi connectivity index (χ4n) is 2.96. The van der Waals surface area contributed by atoms with Crippen LogP contribution >= 0.6 is 0 Å². The van der Waals surface area contributed by atoms with Crippen LogP contribution in [-0.2, 0) is 12.8 Å². The van der Waals surface area contributed by atoms with Gasteiger partial charge in [0.25, 0.3) is 5.91 Å². The maximum absolute atomic E-state index is 12.8. The highest BCUT2D eigenvalue weighted by Crippen LogP contribution is 2.30. The SMILES string of the molecule is CCOc1cc(/C=N\NC(=O)c2cccc(C(F)(F)F)c2)ccc1OCc1ccc(C(=O)O)cc1. The van der Waals surface area contributed by atoms with Crippen molar-refractivity contribution in [1.29, 1.82) is 0 Å². The number of carboxylic acid groups (broad SMARTS) is 1. The zero-order valence-corrected chi connectivity index (χ0v) is 18.5. The van der Waals surface area contributed by atoms with E-state index in [9.17, 15) is 22.8 Å². The lowest BCUT2D eigenvalue weighted by atomic mass is 10.1. The lowest BCUT2D eigenvalue weighted by Crippen LogP contribution is -2.18. The number of rotatable bonds is 9. The van der Waals surface area contributed by atoms with Gasteiger partial charge in [-0.05, 0) is 66.6 Å². The van der Waals surface area contributed by atoms with Gasteiger partial charge < -0.3 is 14.6 Å². The van der Waals surface area contributed by atoms with Gasteiger partial charge in [0.1, 0.15) is 6.61 Å². The summed E-state index contributed by atoms with van der Waals surface area (Å²) in [6, 6.07) is 15.2. The fraction of sp³-hybridized carbons (Fsp3) is 0.160. The number of nitrogens with one attached hydrogen (secondary N) is 1. The van der Waals surface area contributed by atoms with Crippen LogP contribution in [0, 0.1) is 0 Å². The molecule has 10 heteroatoms. The van der Waals surface area contributed by atoms with E-state index in [4.69, 9.17) is 14.6 Å². The first kappa shape index (κ1) is 25.3. The number of carboxylic acids is 1. The summed E-state index contributed by atoms with van der Waals surface area (Å²) in [5.74, 6) is -0.937. The molecule has 1 amide bonds. The summed E-state index contributed by atoms with van der Waals surface area (Å²) in [5.41, 5.74) is 2.59. The number of aromatic carboxylic acids is 1. The molecule has 0 spiro atoms. The number of hydrogen-bond acceptors (Lipinski definition) is 5. The molecule has 0 radical (unpaired) electrons. The molecule has 0 aliphatic rings. The Kier molecular flexibility index (Phi) is 8.08. The van der Waals surface area contributed by atoms with Crippen LogP contribution in [0.2, 0.25) is 0 Å². The highest BCUT2D eigenvalue weighted by atomic mass is 19.4. The summed E-state index contributed by atoms with van der Waals surface area (Å²) in [4.78, 5) is 23.1. The highest BCUT2D eigenvalue weighted by molar-refractivity contribution is 5.95. The highest BCUT2D eigenvalue weighted by Gasteiger charge is 2.30. The molecule has 35 heavy (non-hydrogen) atoms. The van der Waals surface area contributed by atoms with Crippen molar-refractivity contribution in [2.45, 2.75) is 19.7 Å². The first-order valence-corrected chi connectivity index (χ1v) is 10.4. The van der Waals surface area contributed by atoms with Gasteiger partial charge in [0.15, 0.2) is 11.5 Å². The minimum atomic E-state index is -4.55. The molecular formula is C25H21F3N2O5. The largest absolute Gasteiger partial charge is 0.490 e. The van der Waals surface area contributed by atoms with Crippen LogP contribution in [-0.4, -0.2) is 29.8 Å². The van der Waals surface area contributed by atoms with E-state index >= 15 is 0 Å². The van der Waals surface area contributed by atoms with Crippen molar-refractivity contribution in [3.63, 3.8) is 0 Å². The Morgan fingerprint density at radius 2 is 1.71 bits per heavy atom. The average Bonchev–Trinajstić information content (AvgIpc) is 2.83. The van der Waals surface area contributed by atoms with Gasteiger partial charge in [-0.15, -0.1) is 0 Å². The van der Waals surface area contributed by atoms with Crippen LogP contribution in [0.3, 0.4) is 0 Å². The molecule has 3 aromatic carbocycles. The third-order valence-corrected chi connectivity index (χ3v) is 4.69. The maximum atomic E-state index is 12.8. The first-order chi connectivity index (χ1) is 16.7. The van der Waals surface area contributed by atoms with Crippen LogP contribution < -0.4 is 14.9 Å². The van der Waals surface area contributed by atoms with Crippen LogP contribution in [0.5, 0.6) is 11.5 Å². The van der Waals surface area contributed by atoms with E-state index in [-0.39, 0.29) is 17.7 Å². The van der Waals surface area contributed by atoms with Crippen molar-refractivity contribution in [1.82, 2.24) is 5.43 Å². The minimum Gasteiger partial charge on any atom is -0.490 e. The second kappa shape index (κ2) is 11.2. The summed E-state index contributed by atoms with van der Waals surface area (Å²) >= 11 is 0. The second-order valence-electron chi connectivity index (χ2n) is 7.21. The van der Waals surface area contributed by atoms with E-state index < -0.39 is 23.6 Å². The second-order valence-corrected chi connectivity index (χ2v) is 7.21. The standard InChI is InChI=1S/C25H21F3N2O5/c1-2-34-22-12-17(8-11-21(22)35-15-16-6-9-18(10-7-16)24(32)33)14-29-30-23(31)19-4-3-5-20(13-19)25(26,27)28/h3-14H,2,15H2,1H3,(H,30,31)(H,32,33)/b29-14-. The lowest BCUT2D eigenvalue weighted by Gasteiger charge is -2.13. The molecule has 2 N–H and O–H groups in total. The Labute approximate surface area is 198 Å². The molecule has 3 aromatic rings. The molecule has 3 rings (SSSR count). The van der Waals surface area contributed by atoms with Gasteiger partial charge in [-0.25, -0.2) is 10.2 Å². The molecule has 0 atom stereocenters. The molecule has 0 saturated heterocycles. The number of ether oxygens (including phenoxy) is 2. The monoisotopic (exact) mass is 486 g/mol. The first-order valence-electron chi connectivity index (χ1n) is 10.4. The lowest BCUT2D eigenvalue weighted by molar-refractivity contribution is -0.137. The summed E-state index contributed by atoms with van der Waals surface area (Å²) in [7, 11) is 0. The number of carbonyl (C=O) groups excluding carboxylic acids is 1. The maximum Gasteiger partial charge on any atom is 0.416 e. The van der Waals surface area contributed by atoms with Crippen molar-refractivity contribution < 1.29 is 37.3 Å². The Morgan fingerprint density at radius 1 is 0.971 bits per heavy atom. The molecule has 0 fully saturated rings. The third kappa shape index (κ3) is 7.07. The smallest absolute Gasteiger partial charge is 0.416 e. The Balaban J connectivity index is 1.65. The van der Waals surface area contributed by atoms with Gasteiger partial charge in [0.05, 0.1) is 23.9 Å². The molecule has 0 unspecified atom stereocenters. The summed E-state index contributed by atoms with van der Waals surface area (Å²) in [5, 5.41) is 12.8. The van der Waals surface area contributed by atoms with Crippen LogP contribution in [0.1, 0.15) is 44.3 Å². The molecular weight excluding hydrogens is 465 g/mol. The van der Waals surface area contributed by atoms with E-state index in [1.807, 2.05) is 0 Å². The van der Waals surface area contributed by atoms with E-state index in [1.165, 1.54) is 24.4 Å². The van der Waals surface area contributed by atoms with Crippen molar-refractivity contribution in [3.8, 4) is 11.5 Å². The number of carbonyl (C=O) groups is 2. The van der Waals surface area contributed by atoms with Gasteiger partial charge in [0.2, 0.25) is 0 Å².